The van der Waals surface area contributed by atoms with Crippen molar-refractivity contribution in [1.29, 1.82) is 0 Å². The molecule has 0 atom stereocenters. The van der Waals surface area contributed by atoms with E-state index in [1.807, 2.05) is 36.4 Å². The summed E-state index contributed by atoms with van der Waals surface area (Å²) < 4.78 is 9.25. The fourth-order valence-corrected chi connectivity index (χ4v) is 14.4. The third kappa shape index (κ3) is 9.90. The van der Waals surface area contributed by atoms with Crippen LogP contribution in [0.2, 0.25) is 0 Å². The van der Waals surface area contributed by atoms with Gasteiger partial charge in [-0.25, -0.2) is 0 Å². The van der Waals surface area contributed by atoms with Crippen LogP contribution in [0.3, 0.4) is 0 Å². The molecule has 2 aliphatic carbocycles. The van der Waals surface area contributed by atoms with Gasteiger partial charge in [-0.15, -0.1) is 0 Å². The van der Waals surface area contributed by atoms with E-state index < -0.39 is 7.12 Å². The monoisotopic (exact) mass is 1270 g/mol. The molecule has 0 radical (unpaired) electrons. The fraction of sp³-hybridized carbons (Fsp3) is 0.0370. The van der Waals surface area contributed by atoms with E-state index in [2.05, 4.69) is 288 Å². The molecule has 5 nitrogen and oxygen atoms in total. The summed E-state index contributed by atoms with van der Waals surface area (Å²) in [5, 5.41) is 26.0. The summed E-state index contributed by atoms with van der Waals surface area (Å²) in [7, 11) is -1.44. The van der Waals surface area contributed by atoms with Crippen molar-refractivity contribution >= 4 is 110 Å². The number of benzene rings is 13. The minimum absolute atomic E-state index is 0. The molecule has 16 aromatic rings. The molecular formula is C81H58BBr2N3O2. The lowest BCUT2D eigenvalue weighted by Gasteiger charge is -2.11. The Bertz CT molecular complexity index is 4980. The smallest absolute Gasteiger partial charge is 0.423 e. The van der Waals surface area contributed by atoms with Gasteiger partial charge < -0.3 is 23.7 Å². The number of halogens is 2. The molecule has 426 valence electrons. The van der Waals surface area contributed by atoms with Crippen LogP contribution in [-0.4, -0.2) is 30.9 Å². The summed E-state index contributed by atoms with van der Waals surface area (Å²) in [6, 6.07) is 104. The molecule has 0 aliphatic heterocycles. The average molecular weight is 1280 g/mol. The molecular weight excluding hydrogens is 1220 g/mol. The third-order valence-corrected chi connectivity index (χ3v) is 18.8. The molecule has 8 heteroatoms. The number of aromatic nitrogens is 3. The number of hydrogen-bond acceptors (Lipinski definition) is 2. The van der Waals surface area contributed by atoms with Gasteiger partial charge in [-0.2, -0.15) is 0 Å². The number of rotatable bonds is 6. The standard InChI is InChI=1S/C49H32N2.C18H14BNO2.C13H8Br2.CH4/c1-5-13-46-40(9-1)41-10-2-6-14-47(41)50(46)38-25-21-32(22-26-38)34-17-19-36-29-37-20-18-35(31-45(37)44(36)30-34)33-23-27-39(28-24-33)51-48-15-7-3-11-42(48)43-12-4-8-16-49(43)51;21-19(22)13-9-11-14(12-10-13)20-17-7-3-1-5-15(17)16-6-2-4-8-18(16)20;14-10-3-1-8-5-9-2-4-11(15)7-13(9)12(8)6-10;/h1-28,30-31H,29H2;1-12,21-22H;1-4,6-7H,5H2;1H4. The summed E-state index contributed by atoms with van der Waals surface area (Å²) in [6.07, 6.45) is 2.04. The second-order valence-corrected chi connectivity index (χ2v) is 24.7. The van der Waals surface area contributed by atoms with Crippen molar-refractivity contribution in [1.82, 2.24) is 13.7 Å². The van der Waals surface area contributed by atoms with Crippen LogP contribution < -0.4 is 5.46 Å². The van der Waals surface area contributed by atoms with Gasteiger partial charge in [0, 0.05) is 58.3 Å². The maximum atomic E-state index is 9.24. The molecule has 0 saturated carbocycles. The fourth-order valence-electron chi connectivity index (χ4n) is 13.6. The Balaban J connectivity index is 0.000000142. The highest BCUT2D eigenvalue weighted by Gasteiger charge is 2.22. The second-order valence-electron chi connectivity index (χ2n) is 22.9. The zero-order valence-electron chi connectivity index (χ0n) is 47.7. The van der Waals surface area contributed by atoms with Gasteiger partial charge in [0.15, 0.2) is 0 Å². The molecule has 3 heterocycles. The van der Waals surface area contributed by atoms with Crippen molar-refractivity contribution in [3.8, 4) is 61.6 Å². The molecule has 13 aromatic carbocycles. The van der Waals surface area contributed by atoms with E-state index in [0.29, 0.717) is 5.46 Å². The first kappa shape index (κ1) is 55.8. The van der Waals surface area contributed by atoms with Gasteiger partial charge in [0.05, 0.1) is 33.1 Å². The molecule has 0 unspecified atom stereocenters. The molecule has 0 bridgehead atoms. The Labute approximate surface area is 534 Å². The minimum atomic E-state index is -1.44. The quantitative estimate of drug-likeness (QED) is 0.163. The summed E-state index contributed by atoms with van der Waals surface area (Å²) in [5.74, 6) is 0. The van der Waals surface area contributed by atoms with Crippen LogP contribution in [0.5, 0.6) is 0 Å². The summed E-state index contributed by atoms with van der Waals surface area (Å²) in [4.78, 5) is 0. The van der Waals surface area contributed by atoms with Gasteiger partial charge in [0.25, 0.3) is 0 Å². The van der Waals surface area contributed by atoms with Crippen LogP contribution in [0.4, 0.5) is 0 Å². The van der Waals surface area contributed by atoms with Crippen molar-refractivity contribution in [2.75, 3.05) is 0 Å². The zero-order chi connectivity index (χ0) is 59.0. The minimum Gasteiger partial charge on any atom is -0.423 e. The Morgan fingerprint density at radius 2 is 0.517 bits per heavy atom. The molecule has 2 aliphatic rings. The predicted octanol–water partition coefficient (Wildman–Crippen LogP) is 20.7. The van der Waals surface area contributed by atoms with Crippen molar-refractivity contribution in [2.24, 2.45) is 0 Å². The van der Waals surface area contributed by atoms with E-state index in [4.69, 9.17) is 0 Å². The van der Waals surface area contributed by atoms with Gasteiger partial charge in [-0.05, 0) is 194 Å². The Kier molecular flexibility index (Phi) is 14.4. The molecule has 18 rings (SSSR count). The Morgan fingerprint density at radius 3 is 0.809 bits per heavy atom. The van der Waals surface area contributed by atoms with Crippen molar-refractivity contribution in [3.05, 3.63) is 322 Å². The number of fused-ring (bicyclic) bond motifs is 15. The van der Waals surface area contributed by atoms with Gasteiger partial charge in [-0.1, -0.05) is 221 Å². The van der Waals surface area contributed by atoms with E-state index in [-0.39, 0.29) is 7.43 Å². The van der Waals surface area contributed by atoms with Crippen LogP contribution in [-0.2, 0) is 12.8 Å². The van der Waals surface area contributed by atoms with Crippen LogP contribution in [0, 0.1) is 0 Å². The Morgan fingerprint density at radius 1 is 0.270 bits per heavy atom. The highest BCUT2D eigenvalue weighted by molar-refractivity contribution is 9.10. The average Bonchev–Trinajstić information content (AvgIpc) is 1.96. The van der Waals surface area contributed by atoms with Crippen molar-refractivity contribution < 1.29 is 10.0 Å². The van der Waals surface area contributed by atoms with Gasteiger partial charge in [-0.3, -0.25) is 0 Å². The van der Waals surface area contributed by atoms with Gasteiger partial charge >= 0.3 is 7.12 Å². The SMILES string of the molecule is Brc1ccc2c(c1)-c1cc(Br)ccc1C2.C.OB(O)c1ccc(-n2c3ccccc3c3ccccc32)cc1.c1ccc2c(c1)c1ccccc1n2-c1ccc(-c2ccc3c(c2)-c2cc(-c4ccc(-n5c6ccccc6c6ccccc65)cc4)ccc2C3)cc1. The summed E-state index contributed by atoms with van der Waals surface area (Å²) in [6.45, 7) is 0. The third-order valence-electron chi connectivity index (χ3n) is 17.8. The largest absolute Gasteiger partial charge is 0.488 e. The molecule has 0 fully saturated rings. The highest BCUT2D eigenvalue weighted by Crippen LogP contribution is 2.43. The lowest BCUT2D eigenvalue weighted by atomic mass is 9.80. The first-order valence-electron chi connectivity index (χ1n) is 29.7. The molecule has 0 spiro atoms. The second kappa shape index (κ2) is 23.1. The van der Waals surface area contributed by atoms with E-state index in [1.165, 1.54) is 133 Å². The first-order valence-corrected chi connectivity index (χ1v) is 31.3. The number of hydrogen-bond donors (Lipinski definition) is 2. The lowest BCUT2D eigenvalue weighted by molar-refractivity contribution is 0.426. The van der Waals surface area contributed by atoms with E-state index >= 15 is 0 Å². The first-order chi connectivity index (χ1) is 43.3. The van der Waals surface area contributed by atoms with Crippen molar-refractivity contribution in [2.45, 2.75) is 20.3 Å². The summed E-state index contributed by atoms with van der Waals surface area (Å²) in [5.41, 5.74) is 27.1. The highest BCUT2D eigenvalue weighted by atomic mass is 79.9. The number of nitrogens with zero attached hydrogens (tertiary/aromatic N) is 3. The maximum Gasteiger partial charge on any atom is 0.488 e. The van der Waals surface area contributed by atoms with Crippen LogP contribution >= 0.6 is 31.9 Å². The molecule has 2 N–H and O–H groups in total. The maximum absolute atomic E-state index is 9.24. The number of para-hydroxylation sites is 6. The summed E-state index contributed by atoms with van der Waals surface area (Å²) >= 11 is 7.05. The van der Waals surface area contributed by atoms with E-state index in [0.717, 1.165) is 38.5 Å². The van der Waals surface area contributed by atoms with Crippen LogP contribution in [0.25, 0.3) is 127 Å². The van der Waals surface area contributed by atoms with E-state index in [1.54, 1.807) is 12.1 Å². The van der Waals surface area contributed by atoms with Gasteiger partial charge in [0.1, 0.15) is 0 Å². The molecule has 89 heavy (non-hydrogen) atoms. The zero-order valence-corrected chi connectivity index (χ0v) is 50.9. The van der Waals surface area contributed by atoms with E-state index in [9.17, 15) is 10.0 Å². The molecule has 3 aromatic heterocycles. The molecule has 0 amide bonds. The molecule has 0 saturated heterocycles. The lowest BCUT2D eigenvalue weighted by Crippen LogP contribution is -2.29. The van der Waals surface area contributed by atoms with Gasteiger partial charge in [0.2, 0.25) is 0 Å². The topological polar surface area (TPSA) is 55.2 Å². The predicted molar refractivity (Wildman–Crippen MR) is 382 cm³/mol. The normalized spacial score (nSPS) is 11.9. The van der Waals surface area contributed by atoms with Crippen LogP contribution in [0.1, 0.15) is 29.7 Å². The Hall–Kier alpha value is -9.80. The van der Waals surface area contributed by atoms with Crippen LogP contribution in [0.15, 0.2) is 300 Å². The van der Waals surface area contributed by atoms with Crippen molar-refractivity contribution in [3.63, 3.8) is 0 Å².